The van der Waals surface area contributed by atoms with E-state index in [0.29, 0.717) is 27.8 Å². The minimum atomic E-state index is -2.65. The number of halogens is 2. The molecule has 4 rings (SSSR count). The zero-order valence-electron chi connectivity index (χ0n) is 14.1. The summed E-state index contributed by atoms with van der Waals surface area (Å²) in [4.78, 5) is 4.34. The number of para-hydroxylation sites is 2. The van der Waals surface area contributed by atoms with E-state index in [1.54, 1.807) is 30.5 Å². The first-order chi connectivity index (χ1) is 12.6. The van der Waals surface area contributed by atoms with Crippen LogP contribution in [-0.2, 0) is 12.8 Å². The molecule has 0 aliphatic rings. The van der Waals surface area contributed by atoms with Crippen LogP contribution in [-0.4, -0.2) is 24.3 Å². The molecule has 0 aliphatic heterocycles. The van der Waals surface area contributed by atoms with E-state index < -0.39 is 6.55 Å². The minimum absolute atomic E-state index is 0.259. The van der Waals surface area contributed by atoms with Gasteiger partial charge in [-0.05, 0) is 25.1 Å². The second-order valence-corrected chi connectivity index (χ2v) is 6.65. The molecule has 26 heavy (non-hydrogen) atoms. The lowest BCUT2D eigenvalue weighted by molar-refractivity contribution is 0.0722. The molecule has 4 aromatic rings. The lowest BCUT2D eigenvalue weighted by Crippen LogP contribution is -2.04. The maximum atomic E-state index is 13.5. The zero-order chi connectivity index (χ0) is 18.3. The molecule has 134 valence electrons. The Kier molecular flexibility index (Phi) is 4.23. The molecule has 0 unspecified atom stereocenters. The van der Waals surface area contributed by atoms with Gasteiger partial charge in [0.25, 0.3) is 0 Å². The predicted octanol–water partition coefficient (Wildman–Crippen LogP) is 4.42. The number of fused-ring (bicyclic) bond motifs is 1. The molecular weight excluding hydrogens is 360 g/mol. The first-order valence-electron chi connectivity index (χ1n) is 7.87. The topological polar surface area (TPSA) is 61.7 Å². The van der Waals surface area contributed by atoms with Gasteiger partial charge in [0.15, 0.2) is 11.0 Å². The van der Waals surface area contributed by atoms with Crippen LogP contribution in [0.15, 0.2) is 46.2 Å². The van der Waals surface area contributed by atoms with E-state index in [2.05, 4.69) is 15.2 Å². The molecule has 0 bridgehead atoms. The maximum Gasteiger partial charge on any atom is 0.320 e. The lowest BCUT2D eigenvalue weighted by atomic mass is 10.2. The van der Waals surface area contributed by atoms with Gasteiger partial charge in [-0.15, -0.1) is 10.2 Å². The summed E-state index contributed by atoms with van der Waals surface area (Å²) in [6.45, 7) is -0.802. The Bertz CT molecular complexity index is 1070. The Balaban J connectivity index is 1.63. The van der Waals surface area contributed by atoms with Crippen molar-refractivity contribution in [2.24, 2.45) is 7.05 Å². The number of hydrogen-bond acceptors (Lipinski definition) is 5. The van der Waals surface area contributed by atoms with Crippen molar-refractivity contribution in [1.29, 1.82) is 0 Å². The van der Waals surface area contributed by atoms with Crippen LogP contribution >= 0.6 is 11.8 Å². The van der Waals surface area contributed by atoms with Crippen LogP contribution in [0.1, 0.15) is 18.1 Å². The standard InChI is InChI=1S/C17H15F2N5OS/c1-10-11(7-8-25-10)15-21-22-17(23(15)2)26-9-14-20-12-5-3-4-6-13(12)24(14)16(18)19/h3-8,16H,9H2,1-2H3. The van der Waals surface area contributed by atoms with Gasteiger partial charge >= 0.3 is 6.55 Å². The average molecular weight is 375 g/mol. The Hall–Kier alpha value is -2.68. The summed E-state index contributed by atoms with van der Waals surface area (Å²) in [7, 11) is 1.83. The summed E-state index contributed by atoms with van der Waals surface area (Å²) in [5.74, 6) is 1.97. The molecule has 3 aromatic heterocycles. The molecule has 0 aliphatic carbocycles. The van der Waals surface area contributed by atoms with Crippen molar-refractivity contribution in [2.75, 3.05) is 0 Å². The summed E-state index contributed by atoms with van der Waals surface area (Å²) < 4.78 is 35.1. The van der Waals surface area contributed by atoms with Crippen LogP contribution in [0.3, 0.4) is 0 Å². The summed E-state index contributed by atoms with van der Waals surface area (Å²) in [5.41, 5.74) is 1.83. The third-order valence-corrected chi connectivity index (χ3v) is 5.15. The molecule has 0 amide bonds. The van der Waals surface area contributed by atoms with Gasteiger partial charge in [0.2, 0.25) is 0 Å². The largest absolute Gasteiger partial charge is 0.469 e. The number of aryl methyl sites for hydroxylation is 1. The second-order valence-electron chi connectivity index (χ2n) is 5.71. The zero-order valence-corrected chi connectivity index (χ0v) is 14.9. The quantitative estimate of drug-likeness (QED) is 0.483. The van der Waals surface area contributed by atoms with Crippen molar-refractivity contribution in [3.05, 3.63) is 48.2 Å². The first-order valence-corrected chi connectivity index (χ1v) is 8.85. The van der Waals surface area contributed by atoms with Crippen molar-refractivity contribution < 1.29 is 13.2 Å². The maximum absolute atomic E-state index is 13.5. The highest BCUT2D eigenvalue weighted by atomic mass is 32.2. The highest BCUT2D eigenvalue weighted by Crippen LogP contribution is 2.30. The van der Waals surface area contributed by atoms with Crippen molar-refractivity contribution in [3.63, 3.8) is 0 Å². The van der Waals surface area contributed by atoms with Crippen LogP contribution in [0.25, 0.3) is 22.4 Å². The lowest BCUT2D eigenvalue weighted by Gasteiger charge is -2.07. The van der Waals surface area contributed by atoms with Crippen molar-refractivity contribution >= 4 is 22.8 Å². The third kappa shape index (κ3) is 2.78. The van der Waals surface area contributed by atoms with Crippen LogP contribution in [0.2, 0.25) is 0 Å². The van der Waals surface area contributed by atoms with Gasteiger partial charge in [-0.25, -0.2) is 4.98 Å². The molecule has 9 heteroatoms. The van der Waals surface area contributed by atoms with E-state index in [0.717, 1.165) is 15.9 Å². The van der Waals surface area contributed by atoms with Gasteiger partial charge in [0.1, 0.15) is 11.6 Å². The van der Waals surface area contributed by atoms with E-state index >= 15 is 0 Å². The summed E-state index contributed by atoms with van der Waals surface area (Å²) in [6.07, 6.45) is 1.59. The minimum Gasteiger partial charge on any atom is -0.469 e. The number of aromatic nitrogens is 5. The Morgan fingerprint density at radius 2 is 2.00 bits per heavy atom. The van der Waals surface area contributed by atoms with Crippen LogP contribution in [0, 0.1) is 6.92 Å². The van der Waals surface area contributed by atoms with Crippen LogP contribution < -0.4 is 0 Å². The number of nitrogens with zero attached hydrogens (tertiary/aromatic N) is 5. The Morgan fingerprint density at radius 3 is 2.73 bits per heavy atom. The molecule has 0 fully saturated rings. The van der Waals surface area contributed by atoms with E-state index in [1.807, 2.05) is 24.6 Å². The van der Waals surface area contributed by atoms with E-state index in [-0.39, 0.29) is 5.75 Å². The number of alkyl halides is 2. The monoisotopic (exact) mass is 375 g/mol. The highest BCUT2D eigenvalue weighted by Gasteiger charge is 2.19. The van der Waals surface area contributed by atoms with Crippen LogP contribution in [0.5, 0.6) is 0 Å². The number of hydrogen-bond donors (Lipinski definition) is 0. The fourth-order valence-electron chi connectivity index (χ4n) is 2.84. The highest BCUT2D eigenvalue weighted by molar-refractivity contribution is 7.98. The van der Waals surface area contributed by atoms with Gasteiger partial charge in [-0.1, -0.05) is 23.9 Å². The molecule has 0 saturated heterocycles. The summed E-state index contributed by atoms with van der Waals surface area (Å²) in [5, 5.41) is 8.97. The normalized spacial score (nSPS) is 11.7. The number of imidazole rings is 1. The molecule has 6 nitrogen and oxygen atoms in total. The van der Waals surface area contributed by atoms with Gasteiger partial charge in [0.05, 0.1) is 28.6 Å². The molecule has 0 spiro atoms. The molecule has 0 radical (unpaired) electrons. The molecule has 3 heterocycles. The van der Waals surface area contributed by atoms with E-state index in [1.165, 1.54) is 11.8 Å². The van der Waals surface area contributed by atoms with E-state index in [4.69, 9.17) is 4.42 Å². The van der Waals surface area contributed by atoms with Gasteiger partial charge in [-0.3, -0.25) is 4.57 Å². The molecule has 0 saturated carbocycles. The fraction of sp³-hybridized carbons (Fsp3) is 0.235. The smallest absolute Gasteiger partial charge is 0.320 e. The third-order valence-electron chi connectivity index (χ3n) is 4.13. The summed E-state index contributed by atoms with van der Waals surface area (Å²) >= 11 is 1.31. The number of furan rings is 1. The van der Waals surface area contributed by atoms with Gasteiger partial charge < -0.3 is 8.98 Å². The molecule has 0 atom stereocenters. The number of rotatable bonds is 5. The number of thioether (sulfide) groups is 1. The predicted molar refractivity (Wildman–Crippen MR) is 94.0 cm³/mol. The van der Waals surface area contributed by atoms with Crippen LogP contribution in [0.4, 0.5) is 8.78 Å². The molecular formula is C17H15F2N5OS. The Morgan fingerprint density at radius 1 is 1.19 bits per heavy atom. The average Bonchev–Trinajstić information content (AvgIpc) is 3.29. The van der Waals surface area contributed by atoms with Gasteiger partial charge in [0, 0.05) is 7.05 Å². The molecule has 1 aromatic carbocycles. The first kappa shape index (κ1) is 16.8. The summed E-state index contributed by atoms with van der Waals surface area (Å²) in [6, 6.07) is 8.70. The number of benzene rings is 1. The fourth-order valence-corrected chi connectivity index (χ4v) is 3.68. The Labute approximate surface area is 151 Å². The van der Waals surface area contributed by atoms with Gasteiger partial charge in [-0.2, -0.15) is 8.78 Å². The second kappa shape index (κ2) is 6.56. The SMILES string of the molecule is Cc1occc1-c1nnc(SCc2nc3ccccc3n2C(F)F)n1C. The van der Waals surface area contributed by atoms with E-state index in [9.17, 15) is 8.78 Å². The van der Waals surface area contributed by atoms with Crippen molar-refractivity contribution in [1.82, 2.24) is 24.3 Å². The van der Waals surface area contributed by atoms with Crippen molar-refractivity contribution in [2.45, 2.75) is 24.4 Å². The van der Waals surface area contributed by atoms with Crippen molar-refractivity contribution in [3.8, 4) is 11.4 Å². The molecule has 0 N–H and O–H groups in total.